The molecular weight excluding hydrogens is 359 g/mol. The van der Waals surface area contributed by atoms with Gasteiger partial charge in [-0.05, 0) is 54.9 Å². The lowest BCUT2D eigenvalue weighted by atomic mass is 9.78. The molecule has 3 rings (SSSR count). The Morgan fingerprint density at radius 2 is 1.59 bits per heavy atom. The Balaban J connectivity index is 1.46. The number of unbranched alkanes of at least 4 members (excludes halogenated alkanes) is 2. The molecule has 1 fully saturated rings. The number of aryl methyl sites for hydroxylation is 2. The Bertz CT molecular complexity index is 733. The largest absolute Gasteiger partial charge is 0.207 e. The van der Waals surface area contributed by atoms with Gasteiger partial charge in [-0.2, -0.15) is 10.2 Å². The van der Waals surface area contributed by atoms with Crippen LogP contribution in [0.15, 0.2) is 30.3 Å². The van der Waals surface area contributed by atoms with Crippen LogP contribution in [0.1, 0.15) is 89.3 Å². The Morgan fingerprint density at radius 1 is 0.828 bits per heavy atom. The van der Waals surface area contributed by atoms with Crippen molar-refractivity contribution in [1.29, 1.82) is 0 Å². The third-order valence-corrected chi connectivity index (χ3v) is 6.58. The van der Waals surface area contributed by atoms with Gasteiger partial charge in [-0.25, -0.2) is 4.39 Å². The number of halogens is 1. The lowest BCUT2D eigenvalue weighted by Crippen LogP contribution is -2.15. The van der Waals surface area contributed by atoms with Gasteiger partial charge in [0.25, 0.3) is 0 Å². The SMILES string of the molecule is CCCCCC1CCC(CCc2ccc(-c3ccc(CCC)c(F)c3)nn2)CC1. The molecule has 1 aromatic carbocycles. The summed E-state index contributed by atoms with van der Waals surface area (Å²) < 4.78 is 14.2. The van der Waals surface area contributed by atoms with E-state index >= 15 is 0 Å². The highest BCUT2D eigenvalue weighted by Crippen LogP contribution is 2.34. The molecular formula is C26H37FN2. The Morgan fingerprint density at radius 3 is 2.21 bits per heavy atom. The first kappa shape index (κ1) is 21.9. The summed E-state index contributed by atoms with van der Waals surface area (Å²) in [5.74, 6) is 1.68. The van der Waals surface area contributed by atoms with Gasteiger partial charge in [-0.1, -0.05) is 83.8 Å². The van der Waals surface area contributed by atoms with Gasteiger partial charge in [0.05, 0.1) is 11.4 Å². The van der Waals surface area contributed by atoms with E-state index in [-0.39, 0.29) is 5.82 Å². The lowest BCUT2D eigenvalue weighted by molar-refractivity contribution is 0.248. The molecule has 0 aliphatic heterocycles. The van der Waals surface area contributed by atoms with Crippen LogP contribution in [0.25, 0.3) is 11.3 Å². The van der Waals surface area contributed by atoms with Crippen molar-refractivity contribution < 1.29 is 4.39 Å². The van der Waals surface area contributed by atoms with Crippen LogP contribution in [0.5, 0.6) is 0 Å². The molecule has 29 heavy (non-hydrogen) atoms. The second kappa shape index (κ2) is 11.4. The van der Waals surface area contributed by atoms with Gasteiger partial charge in [0.15, 0.2) is 0 Å². The van der Waals surface area contributed by atoms with Crippen LogP contribution in [-0.4, -0.2) is 10.2 Å². The summed E-state index contributed by atoms with van der Waals surface area (Å²) >= 11 is 0. The molecule has 0 atom stereocenters. The van der Waals surface area contributed by atoms with E-state index in [1.54, 1.807) is 6.07 Å². The number of hydrogen-bond donors (Lipinski definition) is 0. The maximum Gasteiger partial charge on any atom is 0.127 e. The molecule has 0 bridgehead atoms. The molecule has 2 nitrogen and oxygen atoms in total. The van der Waals surface area contributed by atoms with Gasteiger partial charge in [0.2, 0.25) is 0 Å². The molecule has 158 valence electrons. The van der Waals surface area contributed by atoms with Gasteiger partial charge >= 0.3 is 0 Å². The second-order valence-electron chi connectivity index (χ2n) is 8.89. The smallest absolute Gasteiger partial charge is 0.127 e. The maximum atomic E-state index is 14.2. The fourth-order valence-electron chi connectivity index (χ4n) is 4.67. The second-order valence-corrected chi connectivity index (χ2v) is 8.89. The molecule has 0 unspecified atom stereocenters. The van der Waals surface area contributed by atoms with Crippen LogP contribution in [0.2, 0.25) is 0 Å². The van der Waals surface area contributed by atoms with Gasteiger partial charge in [0, 0.05) is 5.56 Å². The van der Waals surface area contributed by atoms with E-state index in [0.717, 1.165) is 53.6 Å². The van der Waals surface area contributed by atoms with Crippen molar-refractivity contribution in [2.45, 2.75) is 90.9 Å². The van der Waals surface area contributed by atoms with E-state index in [9.17, 15) is 4.39 Å². The highest BCUT2D eigenvalue weighted by Gasteiger charge is 2.20. The molecule has 0 saturated heterocycles. The lowest BCUT2D eigenvalue weighted by Gasteiger charge is -2.28. The molecule has 1 aromatic heterocycles. The van der Waals surface area contributed by atoms with Gasteiger partial charge in [0.1, 0.15) is 5.82 Å². The third kappa shape index (κ3) is 6.62. The Hall–Kier alpha value is -1.77. The monoisotopic (exact) mass is 396 g/mol. The molecule has 0 radical (unpaired) electrons. The molecule has 1 aliphatic carbocycles. The third-order valence-electron chi connectivity index (χ3n) is 6.58. The van der Waals surface area contributed by atoms with E-state index in [1.165, 1.54) is 57.8 Å². The van der Waals surface area contributed by atoms with Gasteiger partial charge in [-0.3, -0.25) is 0 Å². The summed E-state index contributed by atoms with van der Waals surface area (Å²) in [5.41, 5.74) is 3.40. The van der Waals surface area contributed by atoms with E-state index in [0.29, 0.717) is 0 Å². The van der Waals surface area contributed by atoms with Crippen molar-refractivity contribution in [3.05, 3.63) is 47.4 Å². The van der Waals surface area contributed by atoms with Crippen LogP contribution in [-0.2, 0) is 12.8 Å². The normalized spacial score (nSPS) is 19.4. The zero-order valence-corrected chi connectivity index (χ0v) is 18.3. The van der Waals surface area contributed by atoms with Crippen LogP contribution in [0, 0.1) is 17.7 Å². The van der Waals surface area contributed by atoms with Gasteiger partial charge in [-0.15, -0.1) is 0 Å². The summed E-state index contributed by atoms with van der Waals surface area (Å²) in [4.78, 5) is 0. The van der Waals surface area contributed by atoms with Crippen molar-refractivity contribution in [3.8, 4) is 11.3 Å². The topological polar surface area (TPSA) is 25.8 Å². The molecule has 0 spiro atoms. The average molecular weight is 397 g/mol. The summed E-state index contributed by atoms with van der Waals surface area (Å²) in [5, 5.41) is 8.79. The van der Waals surface area contributed by atoms with Crippen molar-refractivity contribution >= 4 is 0 Å². The first-order valence-corrected chi connectivity index (χ1v) is 11.8. The first-order valence-electron chi connectivity index (χ1n) is 11.8. The van der Waals surface area contributed by atoms with Crippen LogP contribution < -0.4 is 0 Å². The zero-order chi connectivity index (χ0) is 20.5. The van der Waals surface area contributed by atoms with Crippen molar-refractivity contribution in [2.24, 2.45) is 11.8 Å². The number of hydrogen-bond acceptors (Lipinski definition) is 2. The van der Waals surface area contributed by atoms with Crippen LogP contribution in [0.4, 0.5) is 4.39 Å². The van der Waals surface area contributed by atoms with Crippen molar-refractivity contribution in [1.82, 2.24) is 10.2 Å². The molecule has 1 heterocycles. The molecule has 0 N–H and O–H groups in total. The minimum absolute atomic E-state index is 0.138. The average Bonchev–Trinajstić information content (AvgIpc) is 2.75. The number of benzene rings is 1. The highest BCUT2D eigenvalue weighted by atomic mass is 19.1. The molecule has 1 saturated carbocycles. The Kier molecular flexibility index (Phi) is 8.64. The fourth-order valence-corrected chi connectivity index (χ4v) is 4.67. The van der Waals surface area contributed by atoms with Crippen LogP contribution in [0.3, 0.4) is 0 Å². The summed E-state index contributed by atoms with van der Waals surface area (Å²) in [6.45, 7) is 4.35. The summed E-state index contributed by atoms with van der Waals surface area (Å²) in [7, 11) is 0. The predicted molar refractivity (Wildman–Crippen MR) is 119 cm³/mol. The first-order chi connectivity index (χ1) is 14.2. The molecule has 3 heteroatoms. The predicted octanol–water partition coefficient (Wildman–Crippen LogP) is 7.55. The standard InChI is InChI=1S/C26H37FN2/c1-3-5-6-8-20-9-11-21(12-10-20)13-16-24-17-18-26(29-28-24)23-15-14-22(7-4-2)25(27)19-23/h14-15,17-21H,3-13,16H2,1-2H3. The fraction of sp³-hybridized carbons (Fsp3) is 0.615. The van der Waals surface area contributed by atoms with E-state index in [2.05, 4.69) is 30.1 Å². The Labute approximate surface area is 176 Å². The minimum Gasteiger partial charge on any atom is -0.207 e. The summed E-state index contributed by atoms with van der Waals surface area (Å²) in [6, 6.07) is 9.48. The quantitative estimate of drug-likeness (QED) is 0.387. The number of rotatable bonds is 10. The molecule has 0 amide bonds. The molecule has 2 aromatic rings. The highest BCUT2D eigenvalue weighted by molar-refractivity contribution is 5.59. The van der Waals surface area contributed by atoms with Crippen LogP contribution >= 0.6 is 0 Å². The van der Waals surface area contributed by atoms with Crippen molar-refractivity contribution in [3.63, 3.8) is 0 Å². The van der Waals surface area contributed by atoms with Gasteiger partial charge < -0.3 is 0 Å². The zero-order valence-electron chi connectivity index (χ0n) is 18.3. The molecule has 1 aliphatic rings. The number of nitrogens with zero attached hydrogens (tertiary/aromatic N) is 2. The number of aromatic nitrogens is 2. The summed E-state index contributed by atoms with van der Waals surface area (Å²) in [6.07, 6.45) is 15.1. The minimum atomic E-state index is -0.138. The van der Waals surface area contributed by atoms with E-state index in [1.807, 2.05) is 18.2 Å². The van der Waals surface area contributed by atoms with Crippen molar-refractivity contribution in [2.75, 3.05) is 0 Å². The van der Waals surface area contributed by atoms with E-state index in [4.69, 9.17) is 0 Å². The van der Waals surface area contributed by atoms with E-state index < -0.39 is 0 Å². The maximum absolute atomic E-state index is 14.2.